The molecule has 3 heteroatoms. The zero-order chi connectivity index (χ0) is 15.1. The molecule has 0 aliphatic heterocycles. The van der Waals surface area contributed by atoms with Crippen molar-refractivity contribution >= 4 is 11.6 Å². The molecule has 1 heterocycles. The number of nitrogens with one attached hydrogen (secondary N) is 1. The Labute approximate surface area is 127 Å². The predicted octanol–water partition coefficient (Wildman–Crippen LogP) is 4.96. The minimum Gasteiger partial charge on any atom is -0.324 e. The van der Waals surface area contributed by atoms with Crippen LogP contribution in [0.4, 0.5) is 11.6 Å². The van der Waals surface area contributed by atoms with Crippen LogP contribution in [-0.2, 0) is 6.42 Å². The molecule has 0 bridgehead atoms. The summed E-state index contributed by atoms with van der Waals surface area (Å²) in [5.41, 5.74) is 4.42. The van der Waals surface area contributed by atoms with Gasteiger partial charge in [0.05, 0.1) is 0 Å². The maximum Gasteiger partial charge on any atom is 0.227 e. The molecule has 0 aliphatic carbocycles. The van der Waals surface area contributed by atoms with E-state index >= 15 is 0 Å². The van der Waals surface area contributed by atoms with Crippen molar-refractivity contribution < 1.29 is 0 Å². The lowest BCUT2D eigenvalue weighted by atomic mass is 10.1. The molecule has 0 unspecified atom stereocenters. The molecular formula is C18H25N3. The number of anilines is 2. The number of nitrogens with zero attached hydrogens (tertiary/aromatic N) is 2. The maximum atomic E-state index is 4.65. The molecule has 0 saturated carbocycles. The summed E-state index contributed by atoms with van der Waals surface area (Å²) in [6.45, 7) is 6.35. The highest BCUT2D eigenvalue weighted by Crippen LogP contribution is 2.18. The third kappa shape index (κ3) is 4.85. The number of rotatable bonds is 7. The second-order valence-corrected chi connectivity index (χ2v) is 5.57. The van der Waals surface area contributed by atoms with Gasteiger partial charge in [0.2, 0.25) is 5.95 Å². The Morgan fingerprint density at radius 2 is 1.81 bits per heavy atom. The van der Waals surface area contributed by atoms with Crippen molar-refractivity contribution in [2.24, 2.45) is 0 Å². The van der Waals surface area contributed by atoms with Gasteiger partial charge in [-0.3, -0.25) is 0 Å². The maximum absolute atomic E-state index is 4.65. The molecule has 0 spiro atoms. The van der Waals surface area contributed by atoms with Gasteiger partial charge in [-0.05, 0) is 44.4 Å². The van der Waals surface area contributed by atoms with Crippen molar-refractivity contribution in [3.8, 4) is 0 Å². The van der Waals surface area contributed by atoms with Crippen molar-refractivity contribution in [2.45, 2.75) is 52.9 Å². The number of hydrogen-bond acceptors (Lipinski definition) is 3. The molecule has 0 fully saturated rings. The van der Waals surface area contributed by atoms with Crippen LogP contribution in [-0.4, -0.2) is 9.97 Å². The first-order valence-electron chi connectivity index (χ1n) is 7.86. The van der Waals surface area contributed by atoms with Gasteiger partial charge >= 0.3 is 0 Å². The average Bonchev–Trinajstić information content (AvgIpc) is 2.46. The molecule has 0 radical (unpaired) electrons. The lowest BCUT2D eigenvalue weighted by Crippen LogP contribution is -2.03. The quantitative estimate of drug-likeness (QED) is 0.730. The smallest absolute Gasteiger partial charge is 0.227 e. The lowest BCUT2D eigenvalue weighted by Gasteiger charge is -2.10. The summed E-state index contributed by atoms with van der Waals surface area (Å²) in [7, 11) is 0. The normalized spacial score (nSPS) is 10.6. The highest BCUT2D eigenvalue weighted by molar-refractivity contribution is 5.57. The number of para-hydroxylation sites is 1. The van der Waals surface area contributed by atoms with E-state index in [1.165, 1.54) is 31.2 Å². The fraction of sp³-hybridized carbons (Fsp3) is 0.444. The highest BCUT2D eigenvalue weighted by atomic mass is 15.1. The van der Waals surface area contributed by atoms with Crippen LogP contribution in [0.2, 0.25) is 0 Å². The monoisotopic (exact) mass is 283 g/mol. The second kappa shape index (κ2) is 7.77. The van der Waals surface area contributed by atoms with E-state index in [0.717, 1.165) is 23.5 Å². The second-order valence-electron chi connectivity index (χ2n) is 5.57. The van der Waals surface area contributed by atoms with Gasteiger partial charge in [-0.25, -0.2) is 9.97 Å². The van der Waals surface area contributed by atoms with Crippen LogP contribution in [0.1, 0.15) is 49.6 Å². The SMILES string of the molecule is CCCCCCc1cc(C)nc(Nc2ccccc2C)n1. The van der Waals surface area contributed by atoms with Crippen molar-refractivity contribution in [1.29, 1.82) is 0 Å². The van der Waals surface area contributed by atoms with E-state index in [0.29, 0.717) is 5.95 Å². The molecule has 0 saturated heterocycles. The fourth-order valence-electron chi connectivity index (χ4n) is 2.38. The van der Waals surface area contributed by atoms with E-state index < -0.39 is 0 Å². The first-order valence-corrected chi connectivity index (χ1v) is 7.86. The highest BCUT2D eigenvalue weighted by Gasteiger charge is 2.04. The van der Waals surface area contributed by atoms with Gasteiger partial charge in [0, 0.05) is 17.1 Å². The first kappa shape index (κ1) is 15.5. The summed E-state index contributed by atoms with van der Waals surface area (Å²) in [6, 6.07) is 10.3. The van der Waals surface area contributed by atoms with Crippen LogP contribution < -0.4 is 5.32 Å². The van der Waals surface area contributed by atoms with E-state index in [1.807, 2.05) is 19.1 Å². The zero-order valence-corrected chi connectivity index (χ0v) is 13.3. The number of unbranched alkanes of at least 4 members (excludes halogenated alkanes) is 3. The Bertz CT molecular complexity index is 578. The molecule has 2 aromatic rings. The number of hydrogen-bond donors (Lipinski definition) is 1. The van der Waals surface area contributed by atoms with Crippen LogP contribution >= 0.6 is 0 Å². The van der Waals surface area contributed by atoms with Crippen LogP contribution in [0.3, 0.4) is 0 Å². The van der Waals surface area contributed by atoms with E-state index in [1.54, 1.807) is 0 Å². The topological polar surface area (TPSA) is 37.8 Å². The summed E-state index contributed by atoms with van der Waals surface area (Å²) in [4.78, 5) is 9.14. The van der Waals surface area contributed by atoms with E-state index in [2.05, 4.69) is 47.3 Å². The van der Waals surface area contributed by atoms with Crippen molar-refractivity contribution in [3.63, 3.8) is 0 Å². The van der Waals surface area contributed by atoms with E-state index in [9.17, 15) is 0 Å². The molecule has 1 aromatic carbocycles. The van der Waals surface area contributed by atoms with Crippen molar-refractivity contribution in [1.82, 2.24) is 9.97 Å². The van der Waals surface area contributed by atoms with Gasteiger partial charge in [-0.2, -0.15) is 0 Å². The Morgan fingerprint density at radius 1 is 1.00 bits per heavy atom. The summed E-state index contributed by atoms with van der Waals surface area (Å²) >= 11 is 0. The number of aromatic nitrogens is 2. The lowest BCUT2D eigenvalue weighted by molar-refractivity contribution is 0.660. The Kier molecular flexibility index (Phi) is 5.73. The van der Waals surface area contributed by atoms with Gasteiger partial charge in [0.1, 0.15) is 0 Å². The zero-order valence-electron chi connectivity index (χ0n) is 13.3. The minimum absolute atomic E-state index is 0.704. The van der Waals surface area contributed by atoms with Crippen molar-refractivity contribution in [2.75, 3.05) is 5.32 Å². The molecular weight excluding hydrogens is 258 g/mol. The third-order valence-corrected chi connectivity index (χ3v) is 3.59. The molecule has 1 N–H and O–H groups in total. The Hall–Kier alpha value is -1.90. The van der Waals surface area contributed by atoms with Gasteiger partial charge in [0.25, 0.3) is 0 Å². The van der Waals surface area contributed by atoms with Crippen LogP contribution in [0.5, 0.6) is 0 Å². The standard InChI is InChI=1S/C18H25N3/c1-4-5-6-7-11-16-13-15(3)19-18(20-16)21-17-12-9-8-10-14(17)2/h8-10,12-13H,4-7,11H2,1-3H3,(H,19,20,21). The van der Waals surface area contributed by atoms with Gasteiger partial charge < -0.3 is 5.32 Å². The van der Waals surface area contributed by atoms with Crippen LogP contribution in [0.25, 0.3) is 0 Å². The third-order valence-electron chi connectivity index (χ3n) is 3.59. The van der Waals surface area contributed by atoms with Gasteiger partial charge in [-0.15, -0.1) is 0 Å². The van der Waals surface area contributed by atoms with Gasteiger partial charge in [0.15, 0.2) is 0 Å². The van der Waals surface area contributed by atoms with Crippen LogP contribution in [0, 0.1) is 13.8 Å². The molecule has 21 heavy (non-hydrogen) atoms. The summed E-state index contributed by atoms with van der Waals surface area (Å²) < 4.78 is 0. The molecule has 3 nitrogen and oxygen atoms in total. The van der Waals surface area contributed by atoms with Gasteiger partial charge in [-0.1, -0.05) is 44.4 Å². The Morgan fingerprint density at radius 3 is 2.57 bits per heavy atom. The minimum atomic E-state index is 0.704. The molecule has 0 amide bonds. The molecule has 0 atom stereocenters. The average molecular weight is 283 g/mol. The summed E-state index contributed by atoms with van der Waals surface area (Å²) in [5, 5.41) is 3.33. The molecule has 0 aliphatic rings. The summed E-state index contributed by atoms with van der Waals surface area (Å²) in [5.74, 6) is 0.704. The first-order chi connectivity index (χ1) is 10.2. The molecule has 2 rings (SSSR count). The fourth-order valence-corrected chi connectivity index (χ4v) is 2.38. The van der Waals surface area contributed by atoms with Crippen molar-refractivity contribution in [3.05, 3.63) is 47.3 Å². The summed E-state index contributed by atoms with van der Waals surface area (Å²) in [6.07, 6.45) is 6.08. The van der Waals surface area contributed by atoms with E-state index in [4.69, 9.17) is 0 Å². The largest absolute Gasteiger partial charge is 0.324 e. The number of aryl methyl sites for hydroxylation is 3. The Balaban J connectivity index is 2.06. The molecule has 1 aromatic heterocycles. The molecule has 112 valence electrons. The predicted molar refractivity (Wildman–Crippen MR) is 89.1 cm³/mol. The van der Waals surface area contributed by atoms with Crippen LogP contribution in [0.15, 0.2) is 30.3 Å². The van der Waals surface area contributed by atoms with E-state index in [-0.39, 0.29) is 0 Å². The number of benzene rings is 1.